The Bertz CT molecular complexity index is 548. The minimum absolute atomic E-state index is 0.455. The molecule has 0 saturated carbocycles. The molecule has 2 rings (SSSR count). The molecule has 0 aliphatic rings. The van der Waals surface area contributed by atoms with Crippen molar-refractivity contribution in [1.29, 1.82) is 0 Å². The van der Waals surface area contributed by atoms with Crippen LogP contribution in [0.5, 0.6) is 0 Å². The number of aromatic nitrogens is 2. The van der Waals surface area contributed by atoms with E-state index in [1.165, 1.54) is 0 Å². The molecule has 1 unspecified atom stereocenters. The van der Waals surface area contributed by atoms with Crippen molar-refractivity contribution >= 4 is 38.6 Å². The van der Waals surface area contributed by atoms with E-state index in [1.807, 2.05) is 12.1 Å². The van der Waals surface area contributed by atoms with Crippen molar-refractivity contribution in [3.05, 3.63) is 28.5 Å². The molecular formula is C14H18BrClN2. The molecule has 1 heterocycles. The van der Waals surface area contributed by atoms with E-state index in [-0.39, 0.29) is 0 Å². The normalized spacial score (nSPS) is 13.4. The highest BCUT2D eigenvalue weighted by atomic mass is 79.9. The van der Waals surface area contributed by atoms with Crippen LogP contribution >= 0.6 is 27.5 Å². The molecule has 18 heavy (non-hydrogen) atoms. The molecule has 4 heteroatoms. The quantitative estimate of drug-likeness (QED) is 0.735. The van der Waals surface area contributed by atoms with Gasteiger partial charge in [0.15, 0.2) is 0 Å². The fourth-order valence-electron chi connectivity index (χ4n) is 1.95. The van der Waals surface area contributed by atoms with Crippen LogP contribution < -0.4 is 0 Å². The molecule has 0 amide bonds. The highest BCUT2D eigenvalue weighted by molar-refractivity contribution is 9.10. The molecule has 2 aromatic rings. The summed E-state index contributed by atoms with van der Waals surface area (Å²) < 4.78 is 3.33. The van der Waals surface area contributed by atoms with Gasteiger partial charge in [0, 0.05) is 11.0 Å². The van der Waals surface area contributed by atoms with Crippen molar-refractivity contribution in [3.63, 3.8) is 0 Å². The van der Waals surface area contributed by atoms with Crippen LogP contribution in [0.4, 0.5) is 0 Å². The zero-order valence-electron chi connectivity index (χ0n) is 11.0. The van der Waals surface area contributed by atoms with Crippen molar-refractivity contribution in [2.24, 2.45) is 11.8 Å². The summed E-state index contributed by atoms with van der Waals surface area (Å²) in [4.78, 5) is 4.59. The summed E-state index contributed by atoms with van der Waals surface area (Å²) in [6.45, 7) is 7.74. The monoisotopic (exact) mass is 328 g/mol. The number of nitrogens with zero attached hydrogens (tertiary/aromatic N) is 2. The Balaban J connectivity index is 2.48. The summed E-state index contributed by atoms with van der Waals surface area (Å²) in [5.41, 5.74) is 2.18. The van der Waals surface area contributed by atoms with Gasteiger partial charge in [-0.05, 0) is 30.0 Å². The predicted octanol–water partition coefficient (Wildman–Crippen LogP) is 4.83. The highest BCUT2D eigenvalue weighted by Gasteiger charge is 2.14. The van der Waals surface area contributed by atoms with Gasteiger partial charge in [-0.3, -0.25) is 0 Å². The van der Waals surface area contributed by atoms with Gasteiger partial charge in [-0.2, -0.15) is 0 Å². The number of imidazole rings is 1. The van der Waals surface area contributed by atoms with E-state index in [1.54, 1.807) is 0 Å². The molecule has 0 N–H and O–H groups in total. The zero-order valence-corrected chi connectivity index (χ0v) is 13.3. The van der Waals surface area contributed by atoms with Crippen molar-refractivity contribution in [3.8, 4) is 0 Å². The molecule has 0 saturated heterocycles. The largest absolute Gasteiger partial charge is 0.327 e. The summed E-state index contributed by atoms with van der Waals surface area (Å²) in [5, 5.41) is 0. The molecule has 0 bridgehead atoms. The minimum Gasteiger partial charge on any atom is -0.327 e. The van der Waals surface area contributed by atoms with Crippen LogP contribution in [0.2, 0.25) is 0 Å². The number of rotatable bonds is 4. The Kier molecular flexibility index (Phi) is 4.33. The van der Waals surface area contributed by atoms with E-state index in [9.17, 15) is 0 Å². The van der Waals surface area contributed by atoms with Crippen LogP contribution in [0, 0.1) is 11.8 Å². The molecule has 2 nitrogen and oxygen atoms in total. The van der Waals surface area contributed by atoms with E-state index < -0.39 is 0 Å². The van der Waals surface area contributed by atoms with E-state index in [4.69, 9.17) is 11.6 Å². The second-order valence-corrected chi connectivity index (χ2v) is 6.31. The van der Waals surface area contributed by atoms with Gasteiger partial charge in [0.2, 0.25) is 0 Å². The first-order valence-electron chi connectivity index (χ1n) is 6.23. The molecule has 0 spiro atoms. The molecule has 1 aromatic heterocycles. The van der Waals surface area contributed by atoms with E-state index in [0.29, 0.717) is 17.7 Å². The second-order valence-electron chi connectivity index (χ2n) is 5.13. The standard InChI is InChI=1S/C14H18BrClN2/c1-9(2)10(3)8-18-13-6-11(15)4-5-12(13)17-14(18)7-16/h4-6,9-10H,7-8H2,1-3H3. The first kappa shape index (κ1) is 13.9. The lowest BCUT2D eigenvalue weighted by Gasteiger charge is -2.18. The number of benzene rings is 1. The summed E-state index contributed by atoms with van der Waals surface area (Å²) in [5.74, 6) is 2.66. The fourth-order valence-corrected chi connectivity index (χ4v) is 2.50. The van der Waals surface area contributed by atoms with Crippen molar-refractivity contribution in [2.45, 2.75) is 33.2 Å². The lowest BCUT2D eigenvalue weighted by Crippen LogP contribution is -2.14. The maximum absolute atomic E-state index is 6.01. The highest BCUT2D eigenvalue weighted by Crippen LogP contribution is 2.24. The lowest BCUT2D eigenvalue weighted by atomic mass is 9.98. The zero-order chi connectivity index (χ0) is 13.3. The topological polar surface area (TPSA) is 17.8 Å². The summed E-state index contributed by atoms with van der Waals surface area (Å²) in [6, 6.07) is 6.17. The Labute approximate surface area is 121 Å². The molecule has 0 aliphatic heterocycles. The Morgan fingerprint density at radius 3 is 2.67 bits per heavy atom. The predicted molar refractivity (Wildman–Crippen MR) is 81.0 cm³/mol. The average molecular weight is 330 g/mol. The van der Waals surface area contributed by atoms with Crippen LogP contribution in [-0.4, -0.2) is 9.55 Å². The molecule has 0 fully saturated rings. The van der Waals surface area contributed by atoms with Gasteiger partial charge in [0.05, 0.1) is 16.9 Å². The fraction of sp³-hybridized carbons (Fsp3) is 0.500. The van der Waals surface area contributed by atoms with Crippen molar-refractivity contribution in [2.75, 3.05) is 0 Å². The van der Waals surface area contributed by atoms with Gasteiger partial charge in [0.25, 0.3) is 0 Å². The Morgan fingerprint density at radius 1 is 1.33 bits per heavy atom. The summed E-state index contributed by atoms with van der Waals surface area (Å²) in [6.07, 6.45) is 0. The van der Waals surface area contributed by atoms with E-state index >= 15 is 0 Å². The SMILES string of the molecule is CC(C)C(C)Cn1c(CCl)nc2ccc(Br)cc21. The smallest absolute Gasteiger partial charge is 0.124 e. The number of fused-ring (bicyclic) bond motifs is 1. The molecule has 1 aromatic carbocycles. The van der Waals surface area contributed by atoms with Crippen molar-refractivity contribution < 1.29 is 0 Å². The van der Waals surface area contributed by atoms with Gasteiger partial charge in [-0.25, -0.2) is 4.98 Å². The number of alkyl halides is 1. The number of halogens is 2. The van der Waals surface area contributed by atoms with Gasteiger partial charge in [-0.1, -0.05) is 36.7 Å². The molecule has 0 aliphatic carbocycles. The van der Waals surface area contributed by atoms with E-state index in [2.05, 4.69) is 52.3 Å². The Morgan fingerprint density at radius 2 is 2.06 bits per heavy atom. The van der Waals surface area contributed by atoms with Crippen LogP contribution in [0.25, 0.3) is 11.0 Å². The first-order chi connectivity index (χ1) is 8.52. The van der Waals surface area contributed by atoms with Crippen LogP contribution in [-0.2, 0) is 12.4 Å². The third-order valence-electron chi connectivity index (χ3n) is 3.52. The maximum Gasteiger partial charge on any atom is 0.124 e. The van der Waals surface area contributed by atoms with Gasteiger partial charge in [0.1, 0.15) is 5.82 Å². The van der Waals surface area contributed by atoms with Crippen LogP contribution in [0.3, 0.4) is 0 Å². The summed E-state index contributed by atoms with van der Waals surface area (Å²) >= 11 is 9.53. The number of hydrogen-bond acceptors (Lipinski definition) is 1. The molecule has 0 radical (unpaired) electrons. The minimum atomic E-state index is 0.455. The van der Waals surface area contributed by atoms with E-state index in [0.717, 1.165) is 27.9 Å². The first-order valence-corrected chi connectivity index (χ1v) is 7.56. The Hall–Kier alpha value is -0.540. The van der Waals surface area contributed by atoms with Gasteiger partial charge >= 0.3 is 0 Å². The second kappa shape index (κ2) is 5.62. The van der Waals surface area contributed by atoms with Crippen molar-refractivity contribution in [1.82, 2.24) is 9.55 Å². The number of hydrogen-bond donors (Lipinski definition) is 0. The molecule has 98 valence electrons. The van der Waals surface area contributed by atoms with Crippen LogP contribution in [0.1, 0.15) is 26.6 Å². The summed E-state index contributed by atoms with van der Waals surface area (Å²) in [7, 11) is 0. The third-order valence-corrected chi connectivity index (χ3v) is 4.25. The lowest BCUT2D eigenvalue weighted by molar-refractivity contribution is 0.365. The average Bonchev–Trinajstić information content (AvgIpc) is 2.67. The van der Waals surface area contributed by atoms with Crippen LogP contribution in [0.15, 0.2) is 22.7 Å². The maximum atomic E-state index is 6.01. The molecular weight excluding hydrogens is 312 g/mol. The third kappa shape index (κ3) is 2.72. The molecule has 1 atom stereocenters. The van der Waals surface area contributed by atoms with Gasteiger partial charge < -0.3 is 4.57 Å². The van der Waals surface area contributed by atoms with Gasteiger partial charge in [-0.15, -0.1) is 11.6 Å².